The van der Waals surface area contributed by atoms with Crippen LogP contribution >= 0.6 is 0 Å². The van der Waals surface area contributed by atoms with Crippen LogP contribution in [0.2, 0.25) is 0 Å². The van der Waals surface area contributed by atoms with Crippen molar-refractivity contribution in [3.8, 4) is 5.75 Å². The number of aromatic nitrogens is 1. The highest BCUT2D eigenvalue weighted by molar-refractivity contribution is 5.72. The van der Waals surface area contributed by atoms with E-state index in [0.717, 1.165) is 18.9 Å². The molecule has 1 rings (SSSR count). The molecule has 1 heterocycles. The molecule has 0 aliphatic heterocycles. The molecular weight excluding hydrogens is 182 g/mol. The maximum atomic E-state index is 11.0. The van der Waals surface area contributed by atoms with Gasteiger partial charge in [-0.05, 0) is 6.42 Å². The van der Waals surface area contributed by atoms with E-state index in [2.05, 4.69) is 0 Å². The molecule has 0 saturated heterocycles. The molecule has 4 heteroatoms. The third kappa shape index (κ3) is 2.22. The van der Waals surface area contributed by atoms with Gasteiger partial charge in [0, 0.05) is 12.6 Å². The number of rotatable bonds is 4. The average Bonchev–Trinajstić information content (AvgIpc) is 2.19. The van der Waals surface area contributed by atoms with Gasteiger partial charge in [-0.1, -0.05) is 13.3 Å². The van der Waals surface area contributed by atoms with Crippen LogP contribution in [0, 0.1) is 0 Å². The van der Waals surface area contributed by atoms with Crippen molar-refractivity contribution in [2.75, 3.05) is 0 Å². The number of hydrogen-bond donors (Lipinski definition) is 1. The van der Waals surface area contributed by atoms with Crippen LogP contribution in [0.4, 0.5) is 0 Å². The number of carbonyl (C=O) groups excluding carboxylic acids is 1. The van der Waals surface area contributed by atoms with Gasteiger partial charge in [-0.3, -0.25) is 9.59 Å². The number of carbonyl (C=O) groups is 1. The van der Waals surface area contributed by atoms with Crippen molar-refractivity contribution >= 4 is 6.29 Å². The van der Waals surface area contributed by atoms with Crippen molar-refractivity contribution < 1.29 is 9.90 Å². The van der Waals surface area contributed by atoms with E-state index in [-0.39, 0.29) is 5.75 Å². The zero-order valence-electron chi connectivity index (χ0n) is 8.06. The first-order valence-electron chi connectivity index (χ1n) is 4.57. The van der Waals surface area contributed by atoms with E-state index in [4.69, 9.17) is 0 Å². The van der Waals surface area contributed by atoms with Crippen LogP contribution in [0.3, 0.4) is 0 Å². The van der Waals surface area contributed by atoms with Gasteiger partial charge >= 0.3 is 0 Å². The average molecular weight is 195 g/mol. The Morgan fingerprint density at radius 3 is 2.86 bits per heavy atom. The second-order valence-electron chi connectivity index (χ2n) is 3.11. The summed E-state index contributed by atoms with van der Waals surface area (Å²) in [4.78, 5) is 21.6. The van der Waals surface area contributed by atoms with Crippen LogP contribution in [-0.4, -0.2) is 16.0 Å². The molecule has 0 aromatic carbocycles. The number of unbranched alkanes of at least 4 members (excludes halogenated alkanes) is 1. The SMILES string of the molecule is CCCCn1cc(O)c(=O)cc1C=O. The fourth-order valence-corrected chi connectivity index (χ4v) is 1.20. The highest BCUT2D eigenvalue weighted by Crippen LogP contribution is 2.05. The molecule has 4 nitrogen and oxygen atoms in total. The highest BCUT2D eigenvalue weighted by atomic mass is 16.3. The van der Waals surface area contributed by atoms with Gasteiger partial charge in [-0.25, -0.2) is 0 Å². The molecule has 0 amide bonds. The summed E-state index contributed by atoms with van der Waals surface area (Å²) in [6.45, 7) is 2.67. The number of pyridine rings is 1. The predicted molar refractivity (Wildman–Crippen MR) is 52.7 cm³/mol. The van der Waals surface area contributed by atoms with Crippen LogP contribution in [-0.2, 0) is 6.54 Å². The predicted octanol–water partition coefficient (Wildman–Crippen LogP) is 1.17. The van der Waals surface area contributed by atoms with Crippen molar-refractivity contribution in [2.45, 2.75) is 26.3 Å². The van der Waals surface area contributed by atoms with Gasteiger partial charge in [0.05, 0.1) is 11.9 Å². The monoisotopic (exact) mass is 195 g/mol. The Labute approximate surface area is 81.8 Å². The summed E-state index contributed by atoms with van der Waals surface area (Å²) in [6, 6.07) is 1.15. The molecule has 0 aliphatic rings. The van der Waals surface area contributed by atoms with Crippen molar-refractivity contribution in [3.63, 3.8) is 0 Å². The molecular formula is C10H13NO3. The summed E-state index contributed by atoms with van der Waals surface area (Å²) in [5.41, 5.74) is -0.207. The zero-order chi connectivity index (χ0) is 10.6. The standard InChI is InChI=1S/C10H13NO3/c1-2-3-4-11-6-10(14)9(13)5-8(11)7-12/h5-7,14H,2-4H2,1H3. The minimum atomic E-state index is -0.514. The van der Waals surface area contributed by atoms with Crippen molar-refractivity contribution in [2.24, 2.45) is 0 Å². The Hall–Kier alpha value is -1.58. The smallest absolute Gasteiger partial charge is 0.223 e. The van der Waals surface area contributed by atoms with Crippen LogP contribution in [0.15, 0.2) is 17.1 Å². The molecule has 0 atom stereocenters. The Morgan fingerprint density at radius 2 is 2.29 bits per heavy atom. The van der Waals surface area contributed by atoms with E-state index in [1.54, 1.807) is 4.57 Å². The lowest BCUT2D eigenvalue weighted by atomic mass is 10.3. The Morgan fingerprint density at radius 1 is 1.57 bits per heavy atom. The van der Waals surface area contributed by atoms with E-state index < -0.39 is 5.43 Å². The first kappa shape index (κ1) is 10.5. The normalized spacial score (nSPS) is 10.1. The number of aryl methyl sites for hydroxylation is 1. The van der Waals surface area contributed by atoms with Gasteiger partial charge in [0.15, 0.2) is 12.0 Å². The van der Waals surface area contributed by atoms with Crippen molar-refractivity contribution in [1.82, 2.24) is 4.57 Å². The molecule has 0 spiro atoms. The van der Waals surface area contributed by atoms with E-state index in [0.29, 0.717) is 18.5 Å². The van der Waals surface area contributed by atoms with E-state index in [9.17, 15) is 14.7 Å². The van der Waals surface area contributed by atoms with E-state index in [1.807, 2.05) is 6.92 Å². The number of aldehydes is 1. The largest absolute Gasteiger partial charge is 0.503 e. The molecule has 0 unspecified atom stereocenters. The lowest BCUT2D eigenvalue weighted by Crippen LogP contribution is -2.11. The minimum Gasteiger partial charge on any atom is -0.503 e. The molecule has 0 fully saturated rings. The summed E-state index contributed by atoms with van der Waals surface area (Å²) in [5.74, 6) is -0.313. The molecule has 1 N–H and O–H groups in total. The molecule has 76 valence electrons. The molecule has 1 aromatic rings. The highest BCUT2D eigenvalue weighted by Gasteiger charge is 2.03. The summed E-state index contributed by atoms with van der Waals surface area (Å²) in [5, 5.41) is 9.17. The molecule has 14 heavy (non-hydrogen) atoms. The van der Waals surface area contributed by atoms with Crippen LogP contribution in [0.1, 0.15) is 30.3 Å². The third-order valence-corrected chi connectivity index (χ3v) is 2.01. The summed E-state index contributed by atoms with van der Waals surface area (Å²) >= 11 is 0. The van der Waals surface area contributed by atoms with Crippen LogP contribution < -0.4 is 5.43 Å². The maximum absolute atomic E-state index is 11.0. The fourth-order valence-electron chi connectivity index (χ4n) is 1.20. The summed E-state index contributed by atoms with van der Waals surface area (Å²) < 4.78 is 1.59. The van der Waals surface area contributed by atoms with Gasteiger partial charge in [0.25, 0.3) is 0 Å². The number of hydrogen-bond acceptors (Lipinski definition) is 3. The fraction of sp³-hybridized carbons (Fsp3) is 0.400. The third-order valence-electron chi connectivity index (χ3n) is 2.01. The van der Waals surface area contributed by atoms with Gasteiger partial charge in [-0.2, -0.15) is 0 Å². The molecule has 1 aromatic heterocycles. The number of aromatic hydroxyl groups is 1. The van der Waals surface area contributed by atoms with Crippen molar-refractivity contribution in [3.05, 3.63) is 28.2 Å². The first-order chi connectivity index (χ1) is 6.69. The topological polar surface area (TPSA) is 59.3 Å². The molecule has 0 bridgehead atoms. The molecule has 0 aliphatic carbocycles. The van der Waals surface area contributed by atoms with Gasteiger partial charge < -0.3 is 9.67 Å². The van der Waals surface area contributed by atoms with Crippen LogP contribution in [0.25, 0.3) is 0 Å². The second kappa shape index (κ2) is 4.60. The zero-order valence-corrected chi connectivity index (χ0v) is 8.06. The van der Waals surface area contributed by atoms with Crippen molar-refractivity contribution in [1.29, 1.82) is 0 Å². The van der Waals surface area contributed by atoms with Gasteiger partial charge in [0.1, 0.15) is 0 Å². The summed E-state index contributed by atoms with van der Waals surface area (Å²) in [6.07, 6.45) is 3.83. The van der Waals surface area contributed by atoms with Gasteiger partial charge in [0.2, 0.25) is 5.43 Å². The first-order valence-corrected chi connectivity index (χ1v) is 4.57. The molecule has 0 saturated carbocycles. The quantitative estimate of drug-likeness (QED) is 0.733. The van der Waals surface area contributed by atoms with Gasteiger partial charge in [-0.15, -0.1) is 0 Å². The Balaban J connectivity index is 3.07. The Bertz CT molecular complexity index is 381. The lowest BCUT2D eigenvalue weighted by molar-refractivity contribution is 0.111. The number of nitrogens with zero attached hydrogens (tertiary/aromatic N) is 1. The second-order valence-corrected chi connectivity index (χ2v) is 3.11. The maximum Gasteiger partial charge on any atom is 0.223 e. The van der Waals surface area contributed by atoms with E-state index >= 15 is 0 Å². The lowest BCUT2D eigenvalue weighted by Gasteiger charge is -2.08. The van der Waals surface area contributed by atoms with E-state index in [1.165, 1.54) is 6.20 Å². The Kier molecular flexibility index (Phi) is 3.45. The minimum absolute atomic E-state index is 0.307. The summed E-state index contributed by atoms with van der Waals surface area (Å²) in [7, 11) is 0. The molecule has 0 radical (unpaired) electrons. The van der Waals surface area contributed by atoms with Crippen LogP contribution in [0.5, 0.6) is 5.75 Å².